The van der Waals surface area contributed by atoms with Crippen LogP contribution in [-0.4, -0.2) is 46.1 Å². The van der Waals surface area contributed by atoms with Gasteiger partial charge in [0.25, 0.3) is 17.7 Å². The van der Waals surface area contributed by atoms with Crippen LogP contribution in [0, 0.1) is 0 Å². The van der Waals surface area contributed by atoms with Crippen LogP contribution < -0.4 is 5.73 Å². The molecule has 0 spiro atoms. The number of likely N-dealkylation sites (tertiary alicyclic amines) is 1. The molecule has 3 amide bonds. The minimum atomic E-state index is -0.356. The number of nitrogens with two attached hydrogens (primary N) is 1. The lowest BCUT2D eigenvalue weighted by atomic mass is 9.95. The van der Waals surface area contributed by atoms with Crippen LogP contribution in [0.2, 0.25) is 0 Å². The van der Waals surface area contributed by atoms with E-state index in [4.69, 9.17) is 5.73 Å². The molecule has 1 fully saturated rings. The monoisotopic (exact) mass is 427 g/mol. The lowest BCUT2D eigenvalue weighted by molar-refractivity contribution is 0.0583. The van der Waals surface area contributed by atoms with Gasteiger partial charge in [-0.3, -0.25) is 19.3 Å². The van der Waals surface area contributed by atoms with Gasteiger partial charge in [-0.25, -0.2) is 0 Å². The fourth-order valence-electron chi connectivity index (χ4n) is 4.26. The van der Waals surface area contributed by atoms with Crippen molar-refractivity contribution in [2.45, 2.75) is 44.8 Å². The Morgan fingerprint density at radius 2 is 1.77 bits per heavy atom. The molecule has 2 aliphatic rings. The number of imide groups is 1. The molecular weight excluding hydrogens is 402 g/mol. The average Bonchev–Trinajstić information content (AvgIpc) is 2.98. The number of amides is 3. The summed E-state index contributed by atoms with van der Waals surface area (Å²) in [6.45, 7) is 2.80. The van der Waals surface area contributed by atoms with Gasteiger partial charge >= 0.3 is 0 Å². The van der Waals surface area contributed by atoms with Crippen molar-refractivity contribution in [3.63, 3.8) is 0 Å². The number of halogens is 1. The van der Waals surface area contributed by atoms with E-state index in [1.807, 2.05) is 42.2 Å². The zero-order valence-corrected chi connectivity index (χ0v) is 17.7. The van der Waals surface area contributed by atoms with Crippen molar-refractivity contribution in [1.82, 2.24) is 9.80 Å². The van der Waals surface area contributed by atoms with Crippen LogP contribution in [-0.2, 0) is 6.54 Å². The van der Waals surface area contributed by atoms with E-state index in [9.17, 15) is 14.4 Å². The molecule has 0 saturated carbocycles. The third-order valence-electron chi connectivity index (χ3n) is 5.82. The smallest absolute Gasteiger partial charge is 0.261 e. The average molecular weight is 428 g/mol. The van der Waals surface area contributed by atoms with Gasteiger partial charge < -0.3 is 10.6 Å². The second kappa shape index (κ2) is 8.98. The molecule has 0 aliphatic carbocycles. The lowest BCUT2D eigenvalue weighted by Crippen LogP contribution is -2.51. The summed E-state index contributed by atoms with van der Waals surface area (Å²) in [4.78, 5) is 41.8. The Labute approximate surface area is 182 Å². The summed E-state index contributed by atoms with van der Waals surface area (Å²) in [5.41, 5.74) is 8.06. The van der Waals surface area contributed by atoms with Crippen LogP contribution in [0.4, 0.5) is 0 Å². The Morgan fingerprint density at radius 1 is 1.07 bits per heavy atom. The van der Waals surface area contributed by atoms with E-state index in [0.29, 0.717) is 23.2 Å². The van der Waals surface area contributed by atoms with Crippen molar-refractivity contribution in [2.24, 2.45) is 5.73 Å². The van der Waals surface area contributed by atoms with Crippen LogP contribution >= 0.6 is 12.4 Å². The Morgan fingerprint density at radius 3 is 2.47 bits per heavy atom. The SMILES string of the molecule is CC(N)C1CCCCN1C(=O)c1ccc2c(c1)C(=O)N(Cc1ccccc1)C2=O.Cl. The predicted octanol–water partition coefficient (Wildman–Crippen LogP) is 3.25. The number of carbonyl (C=O) groups is 3. The number of hydrogen-bond acceptors (Lipinski definition) is 4. The molecule has 7 heteroatoms. The molecule has 158 valence electrons. The third kappa shape index (κ3) is 3.98. The van der Waals surface area contributed by atoms with Gasteiger partial charge in [-0.1, -0.05) is 30.3 Å². The zero-order valence-electron chi connectivity index (χ0n) is 16.9. The van der Waals surface area contributed by atoms with Gasteiger partial charge in [0.2, 0.25) is 0 Å². The van der Waals surface area contributed by atoms with Gasteiger partial charge in [0.05, 0.1) is 17.7 Å². The van der Waals surface area contributed by atoms with Crippen molar-refractivity contribution in [3.05, 3.63) is 70.8 Å². The number of nitrogens with zero attached hydrogens (tertiary/aromatic N) is 2. The fourth-order valence-corrected chi connectivity index (χ4v) is 4.26. The minimum absolute atomic E-state index is 0. The topological polar surface area (TPSA) is 83.7 Å². The van der Waals surface area contributed by atoms with Crippen LogP contribution in [0.3, 0.4) is 0 Å². The number of piperidine rings is 1. The number of rotatable bonds is 4. The molecule has 6 nitrogen and oxygen atoms in total. The molecule has 0 radical (unpaired) electrons. The normalized spacial score (nSPS) is 19.3. The fraction of sp³-hybridized carbons (Fsp3) is 0.348. The summed E-state index contributed by atoms with van der Waals surface area (Å²) >= 11 is 0. The lowest BCUT2D eigenvalue weighted by Gasteiger charge is -2.38. The Balaban J connectivity index is 0.00000256. The summed E-state index contributed by atoms with van der Waals surface area (Å²) in [7, 11) is 0. The summed E-state index contributed by atoms with van der Waals surface area (Å²) in [6, 6.07) is 14.1. The largest absolute Gasteiger partial charge is 0.334 e. The molecule has 2 N–H and O–H groups in total. The van der Waals surface area contributed by atoms with E-state index in [1.165, 1.54) is 4.90 Å². The minimum Gasteiger partial charge on any atom is -0.334 e. The molecule has 1 saturated heterocycles. The van der Waals surface area contributed by atoms with Gasteiger partial charge in [-0.2, -0.15) is 0 Å². The van der Waals surface area contributed by atoms with Crippen LogP contribution in [0.25, 0.3) is 0 Å². The van der Waals surface area contributed by atoms with Crippen molar-refractivity contribution in [3.8, 4) is 0 Å². The molecule has 30 heavy (non-hydrogen) atoms. The molecule has 2 heterocycles. The first-order valence-corrected chi connectivity index (χ1v) is 10.1. The van der Waals surface area contributed by atoms with Crippen LogP contribution in [0.15, 0.2) is 48.5 Å². The highest BCUT2D eigenvalue weighted by Gasteiger charge is 2.37. The van der Waals surface area contributed by atoms with E-state index in [0.717, 1.165) is 24.8 Å². The van der Waals surface area contributed by atoms with Crippen molar-refractivity contribution < 1.29 is 14.4 Å². The predicted molar refractivity (Wildman–Crippen MR) is 117 cm³/mol. The maximum atomic E-state index is 13.1. The molecule has 2 aromatic carbocycles. The molecule has 2 aromatic rings. The second-order valence-corrected chi connectivity index (χ2v) is 7.86. The van der Waals surface area contributed by atoms with Crippen molar-refractivity contribution in [2.75, 3.05) is 6.54 Å². The second-order valence-electron chi connectivity index (χ2n) is 7.86. The molecular formula is C23H26ClN3O3. The maximum Gasteiger partial charge on any atom is 0.261 e. The highest BCUT2D eigenvalue weighted by molar-refractivity contribution is 6.22. The third-order valence-corrected chi connectivity index (χ3v) is 5.82. The molecule has 2 aliphatic heterocycles. The van der Waals surface area contributed by atoms with E-state index >= 15 is 0 Å². The number of hydrogen-bond donors (Lipinski definition) is 1. The maximum absolute atomic E-state index is 13.1. The van der Waals surface area contributed by atoms with E-state index in [-0.39, 0.29) is 48.8 Å². The Kier molecular flexibility index (Phi) is 6.58. The Hall–Kier alpha value is -2.70. The number of benzene rings is 2. The number of fused-ring (bicyclic) bond motifs is 1. The molecule has 2 unspecified atom stereocenters. The Bertz CT molecular complexity index is 961. The number of carbonyl (C=O) groups excluding carboxylic acids is 3. The summed E-state index contributed by atoms with van der Waals surface area (Å²) in [6.07, 6.45) is 2.89. The van der Waals surface area contributed by atoms with Gasteiger partial charge in [-0.05, 0) is 49.9 Å². The van der Waals surface area contributed by atoms with Crippen molar-refractivity contribution in [1.29, 1.82) is 0 Å². The van der Waals surface area contributed by atoms with Crippen LogP contribution in [0.1, 0.15) is 62.8 Å². The summed E-state index contributed by atoms with van der Waals surface area (Å²) in [5, 5.41) is 0. The van der Waals surface area contributed by atoms with Gasteiger partial charge in [-0.15, -0.1) is 12.4 Å². The highest BCUT2D eigenvalue weighted by atomic mass is 35.5. The summed E-state index contributed by atoms with van der Waals surface area (Å²) in [5.74, 6) is -0.804. The van der Waals surface area contributed by atoms with E-state index in [2.05, 4.69) is 0 Å². The summed E-state index contributed by atoms with van der Waals surface area (Å²) < 4.78 is 0. The first-order valence-electron chi connectivity index (χ1n) is 10.1. The highest BCUT2D eigenvalue weighted by Crippen LogP contribution is 2.27. The van der Waals surface area contributed by atoms with Gasteiger partial charge in [0.1, 0.15) is 0 Å². The van der Waals surface area contributed by atoms with E-state index in [1.54, 1.807) is 18.2 Å². The van der Waals surface area contributed by atoms with Crippen LogP contribution in [0.5, 0.6) is 0 Å². The standard InChI is InChI=1S/C23H25N3O3.ClH/c1-15(24)20-9-5-6-12-25(20)21(27)17-10-11-18-19(13-17)23(29)26(22(18)28)14-16-7-3-2-4-8-16;/h2-4,7-8,10-11,13,15,20H,5-6,9,12,14,24H2,1H3;1H. The molecule has 2 atom stereocenters. The first-order chi connectivity index (χ1) is 14.0. The molecule has 4 rings (SSSR count). The van der Waals surface area contributed by atoms with Crippen molar-refractivity contribution >= 4 is 30.1 Å². The molecule has 0 bridgehead atoms. The first kappa shape index (κ1) is 22.0. The van der Waals surface area contributed by atoms with E-state index < -0.39 is 0 Å². The molecule has 0 aromatic heterocycles. The zero-order chi connectivity index (χ0) is 20.5. The quantitative estimate of drug-likeness (QED) is 0.759. The van der Waals surface area contributed by atoms with Gasteiger partial charge in [0.15, 0.2) is 0 Å². The van der Waals surface area contributed by atoms with Gasteiger partial charge in [0, 0.05) is 24.2 Å².